The van der Waals surface area contributed by atoms with Gasteiger partial charge < -0.3 is 9.84 Å². The fourth-order valence-electron chi connectivity index (χ4n) is 1.77. The minimum atomic E-state index is -0.267. The summed E-state index contributed by atoms with van der Waals surface area (Å²) in [6.45, 7) is 0.467. The molecule has 0 unspecified atom stereocenters. The molecule has 0 atom stereocenters. The van der Waals surface area contributed by atoms with Crippen LogP contribution in [0.15, 0.2) is 47.1 Å². The fraction of sp³-hybridized carbons (Fsp3) is 0.0769. The van der Waals surface area contributed by atoms with Crippen LogP contribution in [0.5, 0.6) is 0 Å². The predicted molar refractivity (Wildman–Crippen MR) is 74.6 cm³/mol. The maximum Gasteiger partial charge on any atom is 0.214 e. The van der Waals surface area contributed by atoms with Gasteiger partial charge in [0.2, 0.25) is 4.77 Å². The number of hydrogen-bond donors (Lipinski definition) is 2. The largest absolute Gasteiger partial charge is 0.459 e. The van der Waals surface area contributed by atoms with Gasteiger partial charge in [0.25, 0.3) is 0 Å². The van der Waals surface area contributed by atoms with E-state index in [0.717, 1.165) is 11.3 Å². The van der Waals surface area contributed by atoms with E-state index in [4.69, 9.17) is 16.6 Å². The first-order valence-corrected chi connectivity index (χ1v) is 6.34. The molecular weight excluding hydrogens is 279 g/mol. The molecule has 5 nitrogen and oxygen atoms in total. The van der Waals surface area contributed by atoms with Gasteiger partial charge in [-0.1, -0.05) is 0 Å². The monoisotopic (exact) mass is 290 g/mol. The van der Waals surface area contributed by atoms with E-state index in [1.807, 2.05) is 12.1 Å². The van der Waals surface area contributed by atoms with E-state index < -0.39 is 0 Å². The van der Waals surface area contributed by atoms with Crippen LogP contribution in [0.2, 0.25) is 0 Å². The summed E-state index contributed by atoms with van der Waals surface area (Å²) >= 11 is 5.01. The van der Waals surface area contributed by atoms with Gasteiger partial charge in [-0.3, -0.25) is 5.10 Å². The van der Waals surface area contributed by atoms with Crippen molar-refractivity contribution >= 4 is 12.2 Å². The molecule has 3 rings (SSSR count). The number of benzene rings is 1. The summed E-state index contributed by atoms with van der Waals surface area (Å²) in [7, 11) is 0. The third-order valence-electron chi connectivity index (χ3n) is 2.77. The molecule has 0 spiro atoms. The molecule has 0 saturated carbocycles. The summed E-state index contributed by atoms with van der Waals surface area (Å²) in [6, 6.07) is 9.87. The van der Waals surface area contributed by atoms with Crippen molar-refractivity contribution in [1.29, 1.82) is 0 Å². The molecule has 0 radical (unpaired) electrons. The van der Waals surface area contributed by atoms with Gasteiger partial charge in [0.15, 0.2) is 0 Å². The normalized spacial score (nSPS) is 10.7. The molecule has 0 saturated heterocycles. The quantitative estimate of drug-likeness (QED) is 0.725. The molecule has 0 bridgehead atoms. The summed E-state index contributed by atoms with van der Waals surface area (Å²) < 4.78 is 20.6. The van der Waals surface area contributed by atoms with Gasteiger partial charge in [0, 0.05) is 5.56 Å². The minimum absolute atomic E-state index is 0.267. The van der Waals surface area contributed by atoms with E-state index in [-0.39, 0.29) is 5.82 Å². The minimum Gasteiger partial charge on any atom is -0.459 e. The molecule has 0 amide bonds. The van der Waals surface area contributed by atoms with E-state index in [1.165, 1.54) is 12.1 Å². The molecule has 2 aromatic heterocycles. The number of furan rings is 1. The van der Waals surface area contributed by atoms with Crippen molar-refractivity contribution < 1.29 is 8.81 Å². The highest BCUT2D eigenvalue weighted by Gasteiger charge is 2.05. The van der Waals surface area contributed by atoms with Crippen LogP contribution in [0, 0.1) is 10.6 Å². The van der Waals surface area contributed by atoms with Crippen LogP contribution in [0.25, 0.3) is 11.3 Å². The van der Waals surface area contributed by atoms with Crippen molar-refractivity contribution in [2.45, 2.75) is 6.54 Å². The Morgan fingerprint density at radius 1 is 1.25 bits per heavy atom. The Kier molecular flexibility index (Phi) is 3.34. The number of aromatic nitrogens is 3. The van der Waals surface area contributed by atoms with Crippen molar-refractivity contribution in [1.82, 2.24) is 14.9 Å². The Morgan fingerprint density at radius 3 is 2.75 bits per heavy atom. The molecule has 0 aliphatic heterocycles. The van der Waals surface area contributed by atoms with Crippen molar-refractivity contribution in [3.63, 3.8) is 0 Å². The first-order chi connectivity index (χ1) is 9.72. The van der Waals surface area contributed by atoms with Crippen LogP contribution in [-0.4, -0.2) is 14.9 Å². The van der Waals surface area contributed by atoms with Crippen LogP contribution in [0.3, 0.4) is 0 Å². The van der Waals surface area contributed by atoms with E-state index in [0.29, 0.717) is 17.1 Å². The Morgan fingerprint density at radius 2 is 2.05 bits per heavy atom. The summed E-state index contributed by atoms with van der Waals surface area (Å²) in [6.07, 6.45) is 1.55. The van der Waals surface area contributed by atoms with E-state index in [1.54, 1.807) is 23.1 Å². The van der Waals surface area contributed by atoms with Gasteiger partial charge in [0.1, 0.15) is 23.7 Å². The number of hydrogen-bond acceptors (Lipinski definition) is 4. The van der Waals surface area contributed by atoms with Gasteiger partial charge in [-0.05, 0) is 48.6 Å². The lowest BCUT2D eigenvalue weighted by Gasteiger charge is -2.03. The second-order valence-electron chi connectivity index (χ2n) is 4.14. The molecule has 0 aliphatic carbocycles. The number of nitrogens with zero attached hydrogens (tertiary/aromatic N) is 2. The summed E-state index contributed by atoms with van der Waals surface area (Å²) in [5.74, 6) is 1.17. The first kappa shape index (κ1) is 12.6. The SMILES string of the molecule is Fc1ccc(-c2ccc(CNn3cn[nH]c3=S)o2)cc1. The van der Waals surface area contributed by atoms with Crippen LogP contribution in [-0.2, 0) is 6.54 Å². The average molecular weight is 290 g/mol. The van der Waals surface area contributed by atoms with Gasteiger partial charge in [-0.2, -0.15) is 5.10 Å². The van der Waals surface area contributed by atoms with E-state index in [2.05, 4.69) is 15.6 Å². The zero-order valence-corrected chi connectivity index (χ0v) is 11.2. The van der Waals surface area contributed by atoms with Gasteiger partial charge >= 0.3 is 0 Å². The predicted octanol–water partition coefficient (Wildman–Crippen LogP) is 3.08. The lowest BCUT2D eigenvalue weighted by molar-refractivity contribution is 0.522. The van der Waals surface area contributed by atoms with E-state index in [9.17, 15) is 4.39 Å². The van der Waals surface area contributed by atoms with Crippen molar-refractivity contribution in [2.75, 3.05) is 5.43 Å². The molecule has 20 heavy (non-hydrogen) atoms. The third kappa shape index (κ3) is 2.62. The Labute approximate surface area is 119 Å². The van der Waals surface area contributed by atoms with Crippen molar-refractivity contribution in [2.24, 2.45) is 0 Å². The smallest absolute Gasteiger partial charge is 0.214 e. The lowest BCUT2D eigenvalue weighted by Crippen LogP contribution is -2.12. The molecule has 0 aliphatic rings. The molecule has 7 heteroatoms. The molecule has 3 aromatic rings. The number of rotatable bonds is 4. The summed E-state index contributed by atoms with van der Waals surface area (Å²) in [5.41, 5.74) is 3.88. The third-order valence-corrected chi connectivity index (χ3v) is 3.05. The van der Waals surface area contributed by atoms with Gasteiger partial charge in [-0.15, -0.1) is 0 Å². The van der Waals surface area contributed by atoms with Crippen LogP contribution < -0.4 is 5.43 Å². The second kappa shape index (κ2) is 5.30. The van der Waals surface area contributed by atoms with Crippen molar-refractivity contribution in [3.05, 3.63) is 59.1 Å². The Bertz CT molecular complexity index is 759. The summed E-state index contributed by atoms with van der Waals surface area (Å²) in [5, 5.41) is 6.44. The van der Waals surface area contributed by atoms with E-state index >= 15 is 0 Å². The Hall–Kier alpha value is -2.41. The molecule has 1 aromatic carbocycles. The summed E-state index contributed by atoms with van der Waals surface area (Å²) in [4.78, 5) is 0. The zero-order valence-electron chi connectivity index (χ0n) is 10.3. The molecule has 102 valence electrons. The van der Waals surface area contributed by atoms with Crippen LogP contribution in [0.4, 0.5) is 4.39 Å². The van der Waals surface area contributed by atoms with Gasteiger partial charge in [-0.25, -0.2) is 9.07 Å². The molecule has 0 fully saturated rings. The number of H-pyrrole nitrogens is 1. The van der Waals surface area contributed by atoms with Crippen LogP contribution >= 0.6 is 12.2 Å². The Balaban J connectivity index is 1.72. The standard InChI is InChI=1S/C13H11FN4OS/c14-10-3-1-9(2-4-10)12-6-5-11(19-12)7-16-18-8-15-17-13(18)20/h1-6,8,16H,7H2,(H,17,20). The average Bonchev–Trinajstić information content (AvgIpc) is 3.06. The molecule has 2 N–H and O–H groups in total. The lowest BCUT2D eigenvalue weighted by atomic mass is 10.2. The highest BCUT2D eigenvalue weighted by atomic mass is 32.1. The fourth-order valence-corrected chi connectivity index (χ4v) is 1.93. The maximum absolute atomic E-state index is 12.9. The number of aromatic amines is 1. The van der Waals surface area contributed by atoms with Gasteiger partial charge in [0.05, 0.1) is 6.54 Å². The number of halogens is 1. The second-order valence-corrected chi connectivity index (χ2v) is 4.53. The zero-order chi connectivity index (χ0) is 13.9. The number of nitrogens with one attached hydrogen (secondary N) is 2. The topological polar surface area (TPSA) is 58.8 Å². The van der Waals surface area contributed by atoms with Crippen molar-refractivity contribution in [3.8, 4) is 11.3 Å². The first-order valence-electron chi connectivity index (χ1n) is 5.93. The highest BCUT2D eigenvalue weighted by molar-refractivity contribution is 7.71. The maximum atomic E-state index is 12.9. The molecule has 2 heterocycles. The van der Waals surface area contributed by atoms with Crippen LogP contribution in [0.1, 0.15) is 5.76 Å². The highest BCUT2D eigenvalue weighted by Crippen LogP contribution is 2.22. The molecular formula is C13H11FN4OS.